The molecular formula is C19H15ClO3. The summed E-state index contributed by atoms with van der Waals surface area (Å²) in [5.74, 6) is 0. The van der Waals surface area contributed by atoms with Gasteiger partial charge in [0.25, 0.3) is 0 Å². The van der Waals surface area contributed by atoms with Crippen molar-refractivity contribution in [3.05, 3.63) is 80.7 Å². The number of carbonyl (C=O) groups excluding carboxylic acids is 1. The van der Waals surface area contributed by atoms with Gasteiger partial charge in [-0.15, -0.1) is 0 Å². The van der Waals surface area contributed by atoms with Crippen LogP contribution in [0, 0.1) is 0 Å². The Morgan fingerprint density at radius 2 is 1.87 bits per heavy atom. The standard InChI is InChI=1S/C19H15ClO3/c20-16-9-14(8-4-7-13-5-2-1-3-6-13)19-17(10-16)18(22)15(11-21)12-23-19/h1-3,5-6,9-12H,4,7-8H2. The van der Waals surface area contributed by atoms with Gasteiger partial charge in [0.15, 0.2) is 6.29 Å². The first kappa shape index (κ1) is 15.5. The van der Waals surface area contributed by atoms with Crippen molar-refractivity contribution in [3.63, 3.8) is 0 Å². The van der Waals surface area contributed by atoms with Gasteiger partial charge in [-0.25, -0.2) is 0 Å². The Balaban J connectivity index is 1.90. The number of aldehydes is 1. The molecule has 0 aliphatic rings. The van der Waals surface area contributed by atoms with E-state index in [1.54, 1.807) is 6.07 Å². The third-order valence-corrected chi connectivity index (χ3v) is 4.04. The Morgan fingerprint density at radius 3 is 2.61 bits per heavy atom. The molecule has 3 rings (SSSR count). The van der Waals surface area contributed by atoms with E-state index in [4.69, 9.17) is 16.0 Å². The fraction of sp³-hybridized carbons (Fsp3) is 0.158. The second-order valence-electron chi connectivity index (χ2n) is 5.42. The number of carbonyl (C=O) groups is 1. The van der Waals surface area contributed by atoms with Gasteiger partial charge in [0.1, 0.15) is 11.8 Å². The van der Waals surface area contributed by atoms with Crippen LogP contribution in [0.5, 0.6) is 0 Å². The largest absolute Gasteiger partial charge is 0.463 e. The molecule has 4 heteroatoms. The highest BCUT2D eigenvalue weighted by atomic mass is 35.5. The van der Waals surface area contributed by atoms with E-state index in [1.807, 2.05) is 24.3 Å². The quantitative estimate of drug-likeness (QED) is 0.651. The topological polar surface area (TPSA) is 47.3 Å². The lowest BCUT2D eigenvalue weighted by Gasteiger charge is -2.07. The molecule has 0 fully saturated rings. The van der Waals surface area contributed by atoms with Gasteiger partial charge in [0.05, 0.1) is 10.9 Å². The predicted molar refractivity (Wildman–Crippen MR) is 91.3 cm³/mol. The maximum absolute atomic E-state index is 12.2. The SMILES string of the molecule is O=Cc1coc2c(CCCc3ccccc3)cc(Cl)cc2c1=O. The Labute approximate surface area is 138 Å². The van der Waals surface area contributed by atoms with Crippen molar-refractivity contribution in [1.29, 1.82) is 0 Å². The van der Waals surface area contributed by atoms with Gasteiger partial charge in [0.2, 0.25) is 5.43 Å². The minimum absolute atomic E-state index is 0.00926. The molecule has 3 aromatic rings. The number of hydrogen-bond acceptors (Lipinski definition) is 3. The average Bonchev–Trinajstić information content (AvgIpc) is 2.57. The zero-order valence-electron chi connectivity index (χ0n) is 12.4. The normalized spacial score (nSPS) is 10.8. The van der Waals surface area contributed by atoms with Gasteiger partial charge in [-0.1, -0.05) is 41.9 Å². The van der Waals surface area contributed by atoms with Crippen LogP contribution in [-0.4, -0.2) is 6.29 Å². The van der Waals surface area contributed by atoms with Gasteiger partial charge in [-0.2, -0.15) is 0 Å². The van der Waals surface area contributed by atoms with Crippen molar-refractivity contribution in [2.24, 2.45) is 0 Å². The summed E-state index contributed by atoms with van der Waals surface area (Å²) in [6.45, 7) is 0. The van der Waals surface area contributed by atoms with Gasteiger partial charge in [-0.05, 0) is 42.5 Å². The summed E-state index contributed by atoms with van der Waals surface area (Å²) in [5.41, 5.74) is 2.34. The molecule has 1 aromatic heterocycles. The monoisotopic (exact) mass is 326 g/mol. The average molecular weight is 327 g/mol. The second-order valence-corrected chi connectivity index (χ2v) is 5.86. The molecule has 23 heavy (non-hydrogen) atoms. The second kappa shape index (κ2) is 6.80. The fourth-order valence-electron chi connectivity index (χ4n) is 2.68. The summed E-state index contributed by atoms with van der Waals surface area (Å²) >= 11 is 6.12. The van der Waals surface area contributed by atoms with Crippen LogP contribution in [-0.2, 0) is 12.8 Å². The third-order valence-electron chi connectivity index (χ3n) is 3.82. The van der Waals surface area contributed by atoms with Crippen molar-refractivity contribution in [3.8, 4) is 0 Å². The maximum atomic E-state index is 12.2. The van der Waals surface area contributed by atoms with E-state index < -0.39 is 0 Å². The number of rotatable bonds is 5. The summed E-state index contributed by atoms with van der Waals surface area (Å²) in [6, 6.07) is 13.6. The Hall–Kier alpha value is -2.39. The zero-order valence-corrected chi connectivity index (χ0v) is 13.2. The molecular weight excluding hydrogens is 312 g/mol. The zero-order chi connectivity index (χ0) is 16.2. The summed E-state index contributed by atoms with van der Waals surface area (Å²) < 4.78 is 5.51. The van der Waals surface area contributed by atoms with Crippen LogP contribution >= 0.6 is 11.6 Å². The molecule has 0 atom stereocenters. The molecule has 116 valence electrons. The molecule has 0 radical (unpaired) electrons. The highest BCUT2D eigenvalue weighted by Crippen LogP contribution is 2.24. The van der Waals surface area contributed by atoms with Gasteiger partial charge < -0.3 is 4.42 Å². The highest BCUT2D eigenvalue weighted by molar-refractivity contribution is 6.31. The molecule has 0 saturated carbocycles. The molecule has 0 aliphatic heterocycles. The minimum atomic E-state index is -0.340. The van der Waals surface area contributed by atoms with Gasteiger partial charge >= 0.3 is 0 Å². The lowest BCUT2D eigenvalue weighted by molar-refractivity contribution is 0.112. The van der Waals surface area contributed by atoms with Crippen LogP contribution in [0.4, 0.5) is 0 Å². The minimum Gasteiger partial charge on any atom is -0.463 e. The van der Waals surface area contributed by atoms with Crippen LogP contribution in [0.3, 0.4) is 0 Å². The predicted octanol–water partition coefficient (Wildman–Crippen LogP) is 4.43. The molecule has 0 amide bonds. The summed E-state index contributed by atoms with van der Waals surface area (Å²) in [6.07, 6.45) is 4.31. The fourth-order valence-corrected chi connectivity index (χ4v) is 2.92. The molecule has 0 spiro atoms. The number of halogens is 1. The Morgan fingerprint density at radius 1 is 1.09 bits per heavy atom. The molecule has 3 nitrogen and oxygen atoms in total. The Bertz CT molecular complexity index is 898. The summed E-state index contributed by atoms with van der Waals surface area (Å²) in [5, 5.41) is 0.833. The van der Waals surface area contributed by atoms with Crippen LogP contribution in [0.25, 0.3) is 11.0 Å². The van der Waals surface area contributed by atoms with E-state index in [9.17, 15) is 9.59 Å². The molecule has 2 aromatic carbocycles. The summed E-state index contributed by atoms with van der Waals surface area (Å²) in [4.78, 5) is 23.1. The summed E-state index contributed by atoms with van der Waals surface area (Å²) in [7, 11) is 0. The van der Waals surface area contributed by atoms with Gasteiger partial charge in [-0.3, -0.25) is 9.59 Å². The van der Waals surface area contributed by atoms with E-state index in [-0.39, 0.29) is 11.0 Å². The van der Waals surface area contributed by atoms with Crippen LogP contribution in [0.2, 0.25) is 5.02 Å². The lowest BCUT2D eigenvalue weighted by atomic mass is 10.0. The third kappa shape index (κ3) is 3.35. The van der Waals surface area contributed by atoms with Crippen molar-refractivity contribution in [2.45, 2.75) is 19.3 Å². The van der Waals surface area contributed by atoms with Crippen molar-refractivity contribution < 1.29 is 9.21 Å². The first-order valence-corrected chi connectivity index (χ1v) is 7.80. The van der Waals surface area contributed by atoms with E-state index in [2.05, 4.69) is 12.1 Å². The van der Waals surface area contributed by atoms with Crippen LogP contribution in [0.15, 0.2) is 57.9 Å². The number of fused-ring (bicyclic) bond motifs is 1. The first-order chi connectivity index (χ1) is 11.2. The number of aryl methyl sites for hydroxylation is 2. The smallest absolute Gasteiger partial charge is 0.203 e. The lowest BCUT2D eigenvalue weighted by Crippen LogP contribution is -2.08. The van der Waals surface area contributed by atoms with E-state index in [0.29, 0.717) is 22.3 Å². The molecule has 0 saturated heterocycles. The molecule has 0 N–H and O–H groups in total. The first-order valence-electron chi connectivity index (χ1n) is 7.42. The van der Waals surface area contributed by atoms with E-state index in [0.717, 1.165) is 24.8 Å². The molecule has 1 heterocycles. The van der Waals surface area contributed by atoms with Crippen molar-refractivity contribution in [1.82, 2.24) is 0 Å². The van der Waals surface area contributed by atoms with E-state index >= 15 is 0 Å². The molecule has 0 aliphatic carbocycles. The highest BCUT2D eigenvalue weighted by Gasteiger charge is 2.11. The molecule has 0 unspecified atom stereocenters. The number of hydrogen-bond donors (Lipinski definition) is 0. The van der Waals surface area contributed by atoms with Crippen LogP contribution < -0.4 is 5.43 Å². The van der Waals surface area contributed by atoms with Crippen molar-refractivity contribution in [2.75, 3.05) is 0 Å². The van der Waals surface area contributed by atoms with Crippen molar-refractivity contribution >= 4 is 28.9 Å². The van der Waals surface area contributed by atoms with Gasteiger partial charge in [0, 0.05) is 5.02 Å². The maximum Gasteiger partial charge on any atom is 0.203 e. The van der Waals surface area contributed by atoms with E-state index in [1.165, 1.54) is 11.8 Å². The number of benzene rings is 2. The van der Waals surface area contributed by atoms with Crippen LogP contribution in [0.1, 0.15) is 27.9 Å². The molecule has 0 bridgehead atoms. The Kier molecular flexibility index (Phi) is 4.58.